The van der Waals surface area contributed by atoms with E-state index in [1.807, 2.05) is 0 Å². The molecule has 0 aliphatic heterocycles. The van der Waals surface area contributed by atoms with Crippen LogP contribution in [0.1, 0.15) is 22.3 Å². The normalized spacial score (nSPS) is 11.0. The van der Waals surface area contributed by atoms with E-state index in [2.05, 4.69) is 67.4 Å². The topological polar surface area (TPSA) is 29.3 Å². The first-order chi connectivity index (χ1) is 9.69. The Kier molecular flexibility index (Phi) is 5.33. The molecule has 0 aliphatic rings. The Morgan fingerprint density at radius 2 is 1.55 bits per heavy atom. The van der Waals surface area contributed by atoms with Gasteiger partial charge in [-0.1, -0.05) is 48.5 Å². The molecule has 0 saturated heterocycles. The minimum atomic E-state index is 0.715. The van der Waals surface area contributed by atoms with Crippen molar-refractivity contribution in [2.24, 2.45) is 5.73 Å². The van der Waals surface area contributed by atoms with Crippen LogP contribution in [0.4, 0.5) is 0 Å². The zero-order valence-corrected chi connectivity index (χ0v) is 12.5. The summed E-state index contributed by atoms with van der Waals surface area (Å²) in [7, 11) is 2.17. The van der Waals surface area contributed by atoms with E-state index < -0.39 is 0 Å². The zero-order valence-electron chi connectivity index (χ0n) is 12.5. The summed E-state index contributed by atoms with van der Waals surface area (Å²) in [6.07, 6.45) is 0.958. The number of benzene rings is 2. The van der Waals surface area contributed by atoms with Crippen LogP contribution in [0.2, 0.25) is 0 Å². The molecule has 20 heavy (non-hydrogen) atoms. The molecular weight excluding hydrogens is 244 g/mol. The summed E-state index contributed by atoms with van der Waals surface area (Å²) in [5.74, 6) is 0. The molecule has 0 amide bonds. The van der Waals surface area contributed by atoms with Gasteiger partial charge in [-0.25, -0.2) is 0 Å². The molecule has 2 rings (SSSR count). The molecule has 106 valence electrons. The average Bonchev–Trinajstić information content (AvgIpc) is 2.44. The van der Waals surface area contributed by atoms with Gasteiger partial charge in [-0.3, -0.25) is 4.90 Å². The monoisotopic (exact) mass is 268 g/mol. The van der Waals surface area contributed by atoms with Crippen molar-refractivity contribution in [3.05, 3.63) is 70.8 Å². The molecule has 2 aromatic rings. The van der Waals surface area contributed by atoms with E-state index >= 15 is 0 Å². The van der Waals surface area contributed by atoms with Crippen LogP contribution in [0.25, 0.3) is 0 Å². The Morgan fingerprint density at radius 1 is 0.900 bits per heavy atom. The molecule has 0 fully saturated rings. The minimum Gasteiger partial charge on any atom is -0.330 e. The maximum absolute atomic E-state index is 5.57. The molecule has 0 heterocycles. The Morgan fingerprint density at radius 3 is 2.20 bits per heavy atom. The SMILES string of the molecule is Cc1ccccc1CN(C)Cc1ccc(CCN)cc1. The summed E-state index contributed by atoms with van der Waals surface area (Å²) < 4.78 is 0. The Balaban J connectivity index is 1.94. The third kappa shape index (κ3) is 4.19. The maximum atomic E-state index is 5.57. The number of nitrogens with two attached hydrogens (primary N) is 1. The molecule has 0 aromatic heterocycles. The average molecular weight is 268 g/mol. The summed E-state index contributed by atoms with van der Waals surface area (Å²) >= 11 is 0. The Labute approximate surface area is 122 Å². The molecular formula is C18H24N2. The third-order valence-electron chi connectivity index (χ3n) is 3.61. The van der Waals surface area contributed by atoms with Crippen LogP contribution in [-0.4, -0.2) is 18.5 Å². The Hall–Kier alpha value is -1.64. The summed E-state index contributed by atoms with van der Waals surface area (Å²) in [5, 5.41) is 0. The highest BCUT2D eigenvalue weighted by Gasteiger charge is 2.04. The van der Waals surface area contributed by atoms with Gasteiger partial charge in [0.15, 0.2) is 0 Å². The largest absolute Gasteiger partial charge is 0.330 e. The quantitative estimate of drug-likeness (QED) is 0.872. The number of nitrogens with zero attached hydrogens (tertiary/aromatic N) is 1. The molecule has 0 spiro atoms. The van der Waals surface area contributed by atoms with E-state index in [9.17, 15) is 0 Å². The van der Waals surface area contributed by atoms with Crippen molar-refractivity contribution in [3.63, 3.8) is 0 Å². The van der Waals surface area contributed by atoms with E-state index in [0.717, 1.165) is 19.5 Å². The fourth-order valence-electron chi connectivity index (χ4n) is 2.42. The lowest BCUT2D eigenvalue weighted by atomic mass is 10.1. The number of hydrogen-bond donors (Lipinski definition) is 1. The molecule has 2 nitrogen and oxygen atoms in total. The van der Waals surface area contributed by atoms with E-state index in [4.69, 9.17) is 5.73 Å². The van der Waals surface area contributed by atoms with Crippen LogP contribution >= 0.6 is 0 Å². The van der Waals surface area contributed by atoms with E-state index in [1.165, 1.54) is 22.3 Å². The minimum absolute atomic E-state index is 0.715. The maximum Gasteiger partial charge on any atom is 0.0236 e. The molecule has 0 radical (unpaired) electrons. The van der Waals surface area contributed by atoms with Gasteiger partial charge in [-0.15, -0.1) is 0 Å². The van der Waals surface area contributed by atoms with Crippen molar-refractivity contribution < 1.29 is 0 Å². The molecule has 2 heteroatoms. The summed E-state index contributed by atoms with van der Waals surface area (Å²) in [6.45, 7) is 4.84. The van der Waals surface area contributed by atoms with Gasteiger partial charge >= 0.3 is 0 Å². The molecule has 0 unspecified atom stereocenters. The molecule has 0 atom stereocenters. The van der Waals surface area contributed by atoms with Crippen molar-refractivity contribution in [1.82, 2.24) is 4.90 Å². The summed E-state index contributed by atoms with van der Waals surface area (Å²) in [5.41, 5.74) is 11.0. The lowest BCUT2D eigenvalue weighted by Gasteiger charge is -2.18. The third-order valence-corrected chi connectivity index (χ3v) is 3.61. The van der Waals surface area contributed by atoms with Gasteiger partial charge in [-0.2, -0.15) is 0 Å². The second kappa shape index (κ2) is 7.22. The van der Waals surface area contributed by atoms with Gasteiger partial charge in [0.05, 0.1) is 0 Å². The van der Waals surface area contributed by atoms with E-state index in [-0.39, 0.29) is 0 Å². The van der Waals surface area contributed by atoms with Crippen LogP contribution < -0.4 is 5.73 Å². The fourth-order valence-corrected chi connectivity index (χ4v) is 2.42. The van der Waals surface area contributed by atoms with Crippen molar-refractivity contribution in [1.29, 1.82) is 0 Å². The summed E-state index contributed by atoms with van der Waals surface area (Å²) in [4.78, 5) is 2.35. The Bertz CT molecular complexity index is 531. The van der Waals surface area contributed by atoms with Crippen LogP contribution in [0.3, 0.4) is 0 Å². The van der Waals surface area contributed by atoms with Gasteiger partial charge in [0, 0.05) is 13.1 Å². The predicted octanol–water partition coefficient (Wildman–Crippen LogP) is 3.13. The van der Waals surface area contributed by atoms with Crippen LogP contribution in [0.5, 0.6) is 0 Å². The second-order valence-corrected chi connectivity index (χ2v) is 5.45. The highest BCUT2D eigenvalue weighted by Crippen LogP contribution is 2.12. The standard InChI is InChI=1S/C18H24N2/c1-15-5-3-4-6-18(15)14-20(2)13-17-9-7-16(8-10-17)11-12-19/h3-10H,11-14,19H2,1-2H3. The first-order valence-electron chi connectivity index (χ1n) is 7.20. The van der Waals surface area contributed by atoms with Crippen molar-refractivity contribution >= 4 is 0 Å². The number of hydrogen-bond acceptors (Lipinski definition) is 2. The fraction of sp³-hybridized carbons (Fsp3) is 0.333. The lowest BCUT2D eigenvalue weighted by molar-refractivity contribution is 0.318. The van der Waals surface area contributed by atoms with Crippen molar-refractivity contribution in [3.8, 4) is 0 Å². The highest BCUT2D eigenvalue weighted by molar-refractivity contribution is 5.26. The van der Waals surface area contributed by atoms with Crippen LogP contribution in [-0.2, 0) is 19.5 Å². The van der Waals surface area contributed by atoms with Gasteiger partial charge in [0.2, 0.25) is 0 Å². The number of aryl methyl sites for hydroxylation is 1. The number of rotatable bonds is 6. The van der Waals surface area contributed by atoms with Gasteiger partial charge in [-0.05, 0) is 49.2 Å². The predicted molar refractivity (Wildman–Crippen MR) is 85.6 cm³/mol. The molecule has 0 aliphatic carbocycles. The summed E-state index contributed by atoms with van der Waals surface area (Å²) in [6, 6.07) is 17.4. The lowest BCUT2D eigenvalue weighted by Crippen LogP contribution is -2.17. The molecule has 2 aromatic carbocycles. The van der Waals surface area contributed by atoms with Gasteiger partial charge in [0.1, 0.15) is 0 Å². The molecule has 0 saturated carbocycles. The molecule has 2 N–H and O–H groups in total. The highest BCUT2D eigenvalue weighted by atomic mass is 15.1. The zero-order chi connectivity index (χ0) is 14.4. The van der Waals surface area contributed by atoms with Crippen LogP contribution in [0.15, 0.2) is 48.5 Å². The second-order valence-electron chi connectivity index (χ2n) is 5.45. The smallest absolute Gasteiger partial charge is 0.0236 e. The van der Waals surface area contributed by atoms with E-state index in [0.29, 0.717) is 6.54 Å². The first-order valence-corrected chi connectivity index (χ1v) is 7.20. The first kappa shape index (κ1) is 14.8. The van der Waals surface area contributed by atoms with Gasteiger partial charge in [0.25, 0.3) is 0 Å². The van der Waals surface area contributed by atoms with E-state index in [1.54, 1.807) is 0 Å². The van der Waals surface area contributed by atoms with Crippen molar-refractivity contribution in [2.75, 3.05) is 13.6 Å². The van der Waals surface area contributed by atoms with Gasteiger partial charge < -0.3 is 5.73 Å². The molecule has 0 bridgehead atoms. The van der Waals surface area contributed by atoms with Crippen molar-refractivity contribution in [2.45, 2.75) is 26.4 Å². The van der Waals surface area contributed by atoms with Crippen LogP contribution in [0, 0.1) is 6.92 Å².